The van der Waals surface area contributed by atoms with Crippen LogP contribution in [-0.4, -0.2) is 11.5 Å². The zero-order valence-electron chi connectivity index (χ0n) is 8.57. The predicted molar refractivity (Wildman–Crippen MR) is 59.4 cm³/mol. The van der Waals surface area contributed by atoms with Crippen LogP contribution in [0.2, 0.25) is 0 Å². The Morgan fingerprint density at radius 3 is 2.87 bits per heavy atom. The summed E-state index contributed by atoms with van der Waals surface area (Å²) < 4.78 is 13.6. The van der Waals surface area contributed by atoms with E-state index < -0.39 is 6.17 Å². The van der Waals surface area contributed by atoms with Gasteiger partial charge in [-0.25, -0.2) is 4.39 Å². The Hall–Kier alpha value is -1.48. The highest BCUT2D eigenvalue weighted by Gasteiger charge is 2.12. The summed E-state index contributed by atoms with van der Waals surface area (Å²) in [5.74, 6) is 0. The molecule has 0 spiro atoms. The van der Waals surface area contributed by atoms with E-state index in [1.165, 1.54) is 0 Å². The number of para-hydroxylation sites is 1. The summed E-state index contributed by atoms with van der Waals surface area (Å²) in [7, 11) is 0. The summed E-state index contributed by atoms with van der Waals surface area (Å²) in [4.78, 5) is 4.35. The van der Waals surface area contributed by atoms with Crippen LogP contribution in [0.5, 0.6) is 0 Å². The average molecular weight is 204 g/mol. The second kappa shape index (κ2) is 3.95. The molecule has 0 bridgehead atoms. The lowest BCUT2D eigenvalue weighted by molar-refractivity contribution is 0.355. The summed E-state index contributed by atoms with van der Waals surface area (Å²) in [6.07, 6.45) is -1.11. The summed E-state index contributed by atoms with van der Waals surface area (Å²) >= 11 is 0. The highest BCUT2D eigenvalue weighted by atomic mass is 19.1. The van der Waals surface area contributed by atoms with Gasteiger partial charge in [-0.2, -0.15) is 0 Å². The van der Waals surface area contributed by atoms with Crippen molar-refractivity contribution in [3.05, 3.63) is 41.6 Å². The molecule has 1 aromatic heterocycles. The molecule has 15 heavy (non-hydrogen) atoms. The third-order valence-corrected chi connectivity index (χ3v) is 2.42. The first-order chi connectivity index (χ1) is 7.22. The molecular weight excluding hydrogens is 191 g/mol. The lowest BCUT2D eigenvalue weighted by Crippen LogP contribution is -2.08. The first-order valence-electron chi connectivity index (χ1n) is 4.93. The smallest absolute Gasteiger partial charge is 0.138 e. The third-order valence-electron chi connectivity index (χ3n) is 2.42. The number of aryl methyl sites for hydroxylation is 1. The molecule has 2 nitrogen and oxygen atoms in total. The summed E-state index contributed by atoms with van der Waals surface area (Å²) in [6, 6.07) is 9.30. The number of fused-ring (bicyclic) bond motifs is 1. The number of nitrogens with two attached hydrogens (primary N) is 1. The maximum absolute atomic E-state index is 13.6. The van der Waals surface area contributed by atoms with Crippen molar-refractivity contribution in [3.8, 4) is 0 Å². The first kappa shape index (κ1) is 10.1. The largest absolute Gasteiger partial charge is 0.327 e. The minimum Gasteiger partial charge on any atom is -0.327 e. The molecule has 0 aliphatic rings. The van der Waals surface area contributed by atoms with Gasteiger partial charge in [0.15, 0.2) is 0 Å². The van der Waals surface area contributed by atoms with E-state index in [0.717, 1.165) is 16.6 Å². The van der Waals surface area contributed by atoms with Crippen molar-refractivity contribution in [2.24, 2.45) is 5.73 Å². The van der Waals surface area contributed by atoms with Crippen LogP contribution < -0.4 is 5.73 Å². The molecule has 0 saturated carbocycles. The molecule has 1 heterocycles. The van der Waals surface area contributed by atoms with Gasteiger partial charge in [-0.05, 0) is 24.6 Å². The van der Waals surface area contributed by atoms with Gasteiger partial charge in [-0.1, -0.05) is 18.2 Å². The first-order valence-corrected chi connectivity index (χ1v) is 4.93. The average Bonchev–Trinajstić information content (AvgIpc) is 2.26. The number of halogens is 1. The quantitative estimate of drug-likeness (QED) is 0.816. The number of aromatic nitrogens is 1. The van der Waals surface area contributed by atoms with E-state index >= 15 is 0 Å². The lowest BCUT2D eigenvalue weighted by atomic mass is 10.0. The van der Waals surface area contributed by atoms with Crippen LogP contribution in [0, 0.1) is 6.92 Å². The molecule has 0 fully saturated rings. The Labute approximate surface area is 87.9 Å². The van der Waals surface area contributed by atoms with Gasteiger partial charge in [0.2, 0.25) is 0 Å². The Bertz CT molecular complexity index is 482. The van der Waals surface area contributed by atoms with E-state index in [0.29, 0.717) is 5.56 Å². The molecule has 1 atom stereocenters. The van der Waals surface area contributed by atoms with Gasteiger partial charge in [0.05, 0.1) is 5.52 Å². The van der Waals surface area contributed by atoms with Gasteiger partial charge in [0.1, 0.15) is 6.17 Å². The third kappa shape index (κ3) is 1.83. The number of alkyl halides is 1. The van der Waals surface area contributed by atoms with Crippen molar-refractivity contribution in [2.75, 3.05) is 6.54 Å². The number of rotatable bonds is 2. The van der Waals surface area contributed by atoms with Crippen molar-refractivity contribution in [2.45, 2.75) is 13.1 Å². The molecule has 2 aromatic rings. The molecule has 2 N–H and O–H groups in total. The van der Waals surface area contributed by atoms with E-state index in [2.05, 4.69) is 4.98 Å². The minimum atomic E-state index is -1.11. The van der Waals surface area contributed by atoms with Crippen LogP contribution in [0.15, 0.2) is 30.3 Å². The highest BCUT2D eigenvalue weighted by Crippen LogP contribution is 2.25. The predicted octanol–water partition coefficient (Wildman–Crippen LogP) is 2.51. The second-order valence-electron chi connectivity index (χ2n) is 3.57. The van der Waals surface area contributed by atoms with Crippen molar-refractivity contribution < 1.29 is 4.39 Å². The van der Waals surface area contributed by atoms with Crippen molar-refractivity contribution in [3.63, 3.8) is 0 Å². The molecule has 3 heteroatoms. The Balaban J connectivity index is 2.71. The summed E-state index contributed by atoms with van der Waals surface area (Å²) in [5.41, 5.74) is 7.63. The number of hydrogen-bond acceptors (Lipinski definition) is 2. The summed E-state index contributed by atoms with van der Waals surface area (Å²) in [5, 5.41) is 0.848. The van der Waals surface area contributed by atoms with Gasteiger partial charge in [-0.15, -0.1) is 0 Å². The lowest BCUT2D eigenvalue weighted by Gasteiger charge is -2.10. The number of nitrogens with zero attached hydrogens (tertiary/aromatic N) is 1. The maximum atomic E-state index is 13.6. The topological polar surface area (TPSA) is 38.9 Å². The van der Waals surface area contributed by atoms with E-state index in [4.69, 9.17) is 5.73 Å². The van der Waals surface area contributed by atoms with Crippen LogP contribution >= 0.6 is 0 Å². The molecule has 2 rings (SSSR count). The van der Waals surface area contributed by atoms with Gasteiger partial charge < -0.3 is 5.73 Å². The number of hydrogen-bond donors (Lipinski definition) is 1. The van der Waals surface area contributed by atoms with E-state index in [9.17, 15) is 4.39 Å². The molecule has 1 aromatic carbocycles. The molecule has 78 valence electrons. The Morgan fingerprint density at radius 2 is 2.13 bits per heavy atom. The standard InChI is InChI=1S/C12H13FN2/c1-8-6-10(11(13)7-14)9-4-2-3-5-12(9)15-8/h2-6,11H,7,14H2,1H3. The van der Waals surface area contributed by atoms with Crippen LogP contribution in [0.1, 0.15) is 17.4 Å². The van der Waals surface area contributed by atoms with Gasteiger partial charge in [0.25, 0.3) is 0 Å². The fourth-order valence-corrected chi connectivity index (χ4v) is 1.73. The second-order valence-corrected chi connectivity index (χ2v) is 3.57. The van der Waals surface area contributed by atoms with Crippen LogP contribution in [-0.2, 0) is 0 Å². The summed E-state index contributed by atoms with van der Waals surface area (Å²) in [6.45, 7) is 1.87. The normalized spacial score (nSPS) is 13.0. The zero-order valence-corrected chi connectivity index (χ0v) is 8.57. The molecule has 0 radical (unpaired) electrons. The molecule has 0 amide bonds. The molecule has 0 aliphatic carbocycles. The number of pyridine rings is 1. The molecular formula is C12H13FN2. The van der Waals surface area contributed by atoms with Crippen molar-refractivity contribution in [1.29, 1.82) is 0 Å². The van der Waals surface area contributed by atoms with Gasteiger partial charge >= 0.3 is 0 Å². The molecule has 1 unspecified atom stereocenters. The van der Waals surface area contributed by atoms with Gasteiger partial charge in [0, 0.05) is 17.6 Å². The fourth-order valence-electron chi connectivity index (χ4n) is 1.73. The van der Waals surface area contributed by atoms with Gasteiger partial charge in [-0.3, -0.25) is 4.98 Å². The molecule has 0 saturated heterocycles. The monoisotopic (exact) mass is 204 g/mol. The van der Waals surface area contributed by atoms with E-state index in [1.807, 2.05) is 31.2 Å². The highest BCUT2D eigenvalue weighted by molar-refractivity contribution is 5.82. The van der Waals surface area contributed by atoms with Crippen LogP contribution in [0.3, 0.4) is 0 Å². The van der Waals surface area contributed by atoms with Crippen molar-refractivity contribution in [1.82, 2.24) is 4.98 Å². The van der Waals surface area contributed by atoms with Crippen LogP contribution in [0.25, 0.3) is 10.9 Å². The number of benzene rings is 1. The zero-order chi connectivity index (χ0) is 10.8. The van der Waals surface area contributed by atoms with Crippen LogP contribution in [0.4, 0.5) is 4.39 Å². The maximum Gasteiger partial charge on any atom is 0.138 e. The minimum absolute atomic E-state index is 0.00739. The SMILES string of the molecule is Cc1cc(C(F)CN)c2ccccc2n1. The Kier molecular flexibility index (Phi) is 2.64. The Morgan fingerprint density at radius 1 is 1.40 bits per heavy atom. The van der Waals surface area contributed by atoms with Crippen molar-refractivity contribution >= 4 is 10.9 Å². The van der Waals surface area contributed by atoms with E-state index in [1.54, 1.807) is 6.07 Å². The van der Waals surface area contributed by atoms with E-state index in [-0.39, 0.29) is 6.54 Å². The molecule has 0 aliphatic heterocycles. The fraction of sp³-hybridized carbons (Fsp3) is 0.250.